The van der Waals surface area contributed by atoms with Crippen molar-refractivity contribution in [1.82, 2.24) is 0 Å². The van der Waals surface area contributed by atoms with Crippen LogP contribution in [-0.4, -0.2) is 34.3 Å². The Bertz CT molecular complexity index is 1120. The largest absolute Gasteiger partial charge is 1.00 e. The van der Waals surface area contributed by atoms with Crippen LogP contribution < -0.4 is 47.9 Å². The second kappa shape index (κ2) is 14.0. The molecule has 2 atom stereocenters. The average molecular weight is 808 g/mol. The smallest absolute Gasteiger partial charge is 0.549 e. The number of benzene rings is 1. The molecule has 2 unspecified atom stereocenters. The molecule has 0 amide bonds. The van der Waals surface area contributed by atoms with Crippen LogP contribution >= 0.6 is 110 Å². The van der Waals surface area contributed by atoms with Gasteiger partial charge in [0.2, 0.25) is 0 Å². The van der Waals surface area contributed by atoms with Gasteiger partial charge in [0.1, 0.15) is 15.1 Å². The zero-order valence-electron chi connectivity index (χ0n) is 15.9. The zero-order chi connectivity index (χ0) is 24.6. The van der Waals surface area contributed by atoms with Crippen LogP contribution in [0.2, 0.25) is 20.1 Å². The van der Waals surface area contributed by atoms with E-state index in [-0.39, 0.29) is 77.0 Å². The molecule has 0 spiro atoms. The van der Waals surface area contributed by atoms with Crippen molar-refractivity contribution in [2.75, 3.05) is 0 Å². The molecule has 1 aliphatic carbocycles. The standard InChI is InChI=1S/C8H4Br4O7S.C6H2Cl4O.2Li/c9-2-3(10)5(11)8(12,7(15)16)1(6(13)14)4(2)20(17,18)19;7-2-1-3(11)5(9)6(10)4(2)8;;/h1H,(H,13,14)(H,15,16)(H,17,18,19);1,11H;;/q;;2*+1/p-2. The first kappa shape index (κ1) is 36.8. The van der Waals surface area contributed by atoms with Crippen LogP contribution in [0.25, 0.3) is 0 Å². The number of phenolic OH excluding ortho intramolecular Hbond substituents is 1. The Labute approximate surface area is 265 Å². The second-order valence-corrected chi connectivity index (χ2v) is 11.9. The number of allylic oxidation sites excluding steroid dienone is 2. The molecule has 0 saturated heterocycles. The number of phenols is 1. The van der Waals surface area contributed by atoms with Gasteiger partial charge in [0.05, 0.1) is 42.3 Å². The number of hydrogen-bond donors (Lipinski definition) is 2. The molecule has 1 aromatic carbocycles. The minimum atomic E-state index is -5.02. The Kier molecular flexibility index (Phi) is 15.6. The van der Waals surface area contributed by atoms with Crippen LogP contribution in [0.15, 0.2) is 24.4 Å². The summed E-state index contributed by atoms with van der Waals surface area (Å²) in [5, 5.41) is 31.9. The summed E-state index contributed by atoms with van der Waals surface area (Å²) in [6, 6.07) is 1.23. The van der Waals surface area contributed by atoms with Gasteiger partial charge in [-0.2, -0.15) is 8.42 Å². The number of carboxylic acids is 2. The van der Waals surface area contributed by atoms with E-state index in [1.165, 1.54) is 6.07 Å². The van der Waals surface area contributed by atoms with Crippen molar-refractivity contribution in [2.45, 2.75) is 4.32 Å². The van der Waals surface area contributed by atoms with Gasteiger partial charge in [-0.05, 0) is 31.9 Å². The molecule has 0 radical (unpaired) electrons. The quantitative estimate of drug-likeness (QED) is 0.114. The van der Waals surface area contributed by atoms with E-state index in [2.05, 4.69) is 63.7 Å². The first-order chi connectivity index (χ1) is 13.9. The summed E-state index contributed by atoms with van der Waals surface area (Å²) in [5.41, 5.74) is 0. The summed E-state index contributed by atoms with van der Waals surface area (Å²) in [5.74, 6) is -6.40. The minimum Gasteiger partial charge on any atom is -0.549 e. The monoisotopic (exact) mass is 802 g/mol. The van der Waals surface area contributed by atoms with E-state index >= 15 is 0 Å². The summed E-state index contributed by atoms with van der Waals surface area (Å²) in [7, 11) is -5.02. The van der Waals surface area contributed by atoms with Crippen LogP contribution in [-0.2, 0) is 19.7 Å². The van der Waals surface area contributed by atoms with Crippen molar-refractivity contribution in [3.05, 3.63) is 44.5 Å². The third-order valence-electron chi connectivity index (χ3n) is 3.48. The van der Waals surface area contributed by atoms with Gasteiger partial charge in [-0.15, -0.1) is 0 Å². The molecule has 1 aliphatic rings. The summed E-state index contributed by atoms with van der Waals surface area (Å²) in [6.45, 7) is 0. The second-order valence-electron chi connectivity index (χ2n) is 5.35. The van der Waals surface area contributed by atoms with Crippen LogP contribution in [0.3, 0.4) is 0 Å². The fourth-order valence-electron chi connectivity index (χ4n) is 2.10. The SMILES string of the molecule is O=C([O-])C1C(S(=O)(=O)O)=C(Br)C(Br)=C(Br)C1(Br)C(=O)[O-].Oc1cc(Cl)c(Cl)c(Cl)c1Cl.[Li+].[Li+]. The summed E-state index contributed by atoms with van der Waals surface area (Å²) in [6.07, 6.45) is 0. The van der Waals surface area contributed by atoms with Crippen molar-refractivity contribution < 1.29 is 75.6 Å². The molecular formula is C14H4Br4Cl4Li2O8S. The number of aromatic hydroxyl groups is 1. The van der Waals surface area contributed by atoms with Crippen LogP contribution in [0.1, 0.15) is 0 Å². The molecule has 2 rings (SSSR count). The van der Waals surface area contributed by atoms with E-state index in [4.69, 9.17) is 56.1 Å². The van der Waals surface area contributed by atoms with E-state index in [9.17, 15) is 28.2 Å². The van der Waals surface area contributed by atoms with E-state index in [1.54, 1.807) is 0 Å². The number of rotatable bonds is 3. The predicted octanol–water partition coefficient (Wildman–Crippen LogP) is -2.24. The molecule has 0 fully saturated rings. The van der Waals surface area contributed by atoms with Gasteiger partial charge in [-0.3, -0.25) is 4.55 Å². The molecule has 0 saturated carbocycles. The van der Waals surface area contributed by atoms with Crippen LogP contribution in [0.5, 0.6) is 5.75 Å². The number of carboxylic acid groups (broad SMARTS) is 2. The molecule has 19 heteroatoms. The molecule has 0 bridgehead atoms. The molecule has 0 aliphatic heterocycles. The molecule has 2 N–H and O–H groups in total. The maximum atomic E-state index is 11.4. The van der Waals surface area contributed by atoms with Crippen molar-refractivity contribution >= 4 is 132 Å². The summed E-state index contributed by atoms with van der Waals surface area (Å²) < 4.78 is 28.7. The molecular weight excluding hydrogens is 804 g/mol. The maximum absolute atomic E-state index is 11.4. The Hall–Kier alpha value is 1.62. The Balaban J connectivity index is 0. The molecule has 172 valence electrons. The van der Waals surface area contributed by atoms with Gasteiger partial charge in [0.25, 0.3) is 10.1 Å². The van der Waals surface area contributed by atoms with Crippen LogP contribution in [0.4, 0.5) is 0 Å². The van der Waals surface area contributed by atoms with E-state index in [1.807, 2.05) is 0 Å². The maximum Gasteiger partial charge on any atom is 1.00 e. The normalized spacial score (nSPS) is 20.2. The fourth-order valence-corrected chi connectivity index (χ4v) is 7.37. The number of hydrogen-bond acceptors (Lipinski definition) is 7. The third kappa shape index (κ3) is 7.81. The average Bonchev–Trinajstić information content (AvgIpc) is 2.64. The number of aliphatic carboxylic acids is 2. The number of alkyl halides is 1. The van der Waals surface area contributed by atoms with Crippen molar-refractivity contribution in [3.8, 4) is 5.75 Å². The summed E-state index contributed by atoms with van der Waals surface area (Å²) >= 11 is 33.4. The topological polar surface area (TPSA) is 155 Å². The fraction of sp³-hybridized carbons (Fsp3) is 0.143. The first-order valence-corrected chi connectivity index (χ1v) is 13.1. The number of carbonyl (C=O) groups excluding carboxylic acids is 2. The van der Waals surface area contributed by atoms with Gasteiger partial charge in [0, 0.05) is 15.0 Å². The third-order valence-corrected chi connectivity index (χ3v) is 11.9. The molecule has 0 aromatic heterocycles. The predicted molar refractivity (Wildman–Crippen MR) is 126 cm³/mol. The van der Waals surface area contributed by atoms with Gasteiger partial charge >= 0.3 is 37.7 Å². The minimum absolute atomic E-state index is 0. The van der Waals surface area contributed by atoms with Gasteiger partial charge in [0.15, 0.2) is 0 Å². The van der Waals surface area contributed by atoms with Crippen molar-refractivity contribution in [3.63, 3.8) is 0 Å². The van der Waals surface area contributed by atoms with Gasteiger partial charge in [-0.25, -0.2) is 0 Å². The Morgan fingerprint density at radius 2 is 1.42 bits per heavy atom. The zero-order valence-corrected chi connectivity index (χ0v) is 26.1. The van der Waals surface area contributed by atoms with Crippen LogP contribution in [0, 0.1) is 5.92 Å². The molecule has 33 heavy (non-hydrogen) atoms. The van der Waals surface area contributed by atoms with Gasteiger partial charge < -0.3 is 24.9 Å². The first-order valence-electron chi connectivity index (χ1n) is 6.97. The van der Waals surface area contributed by atoms with Gasteiger partial charge in [-0.1, -0.05) is 78.3 Å². The van der Waals surface area contributed by atoms with Crippen molar-refractivity contribution in [2.24, 2.45) is 5.92 Å². The number of halogens is 8. The van der Waals surface area contributed by atoms with E-state index in [0.717, 1.165) is 0 Å². The Morgan fingerprint density at radius 3 is 1.79 bits per heavy atom. The molecule has 1 aromatic rings. The van der Waals surface area contributed by atoms with Crippen molar-refractivity contribution in [1.29, 1.82) is 0 Å². The summed E-state index contributed by atoms with van der Waals surface area (Å²) in [4.78, 5) is 21.4. The van der Waals surface area contributed by atoms with E-state index < -0.39 is 37.2 Å². The Morgan fingerprint density at radius 1 is 0.970 bits per heavy atom. The number of carbonyl (C=O) groups is 2. The van der Waals surface area contributed by atoms with E-state index in [0.29, 0.717) is 0 Å². The molecule has 8 nitrogen and oxygen atoms in total. The molecule has 0 heterocycles.